The van der Waals surface area contributed by atoms with Gasteiger partial charge < -0.3 is 9.84 Å². The number of benzene rings is 2. The molecule has 0 spiro atoms. The Morgan fingerprint density at radius 2 is 1.83 bits per heavy atom. The van der Waals surface area contributed by atoms with E-state index in [1.807, 2.05) is 60.5 Å². The van der Waals surface area contributed by atoms with Gasteiger partial charge >= 0.3 is 0 Å². The molecule has 2 aromatic carbocycles. The lowest BCUT2D eigenvalue weighted by atomic mass is 10.1. The molecule has 35 heavy (non-hydrogen) atoms. The number of rotatable bonds is 11. The highest BCUT2D eigenvalue weighted by Gasteiger charge is 2.34. The van der Waals surface area contributed by atoms with Gasteiger partial charge in [-0.15, -0.1) is 0 Å². The first-order valence-corrected chi connectivity index (χ1v) is 12.9. The molecule has 0 radical (unpaired) electrons. The number of halogens is 1. The van der Waals surface area contributed by atoms with E-state index >= 15 is 0 Å². The van der Waals surface area contributed by atoms with Crippen LogP contribution in [0.25, 0.3) is 6.08 Å². The Labute approximate surface area is 211 Å². The zero-order chi connectivity index (χ0) is 25.4. The molecule has 0 bridgehead atoms. The minimum atomic E-state index is -4.19. The molecule has 3 rings (SSSR count). The quantitative estimate of drug-likeness (QED) is 0.486. The topological polar surface area (TPSA) is 87.2 Å². The van der Waals surface area contributed by atoms with E-state index in [1.54, 1.807) is 12.1 Å². The summed E-state index contributed by atoms with van der Waals surface area (Å²) in [4.78, 5) is 14.3. The van der Waals surface area contributed by atoms with Crippen LogP contribution in [-0.2, 0) is 26.1 Å². The fourth-order valence-electron chi connectivity index (χ4n) is 3.70. The van der Waals surface area contributed by atoms with Crippen LogP contribution in [-0.4, -0.2) is 58.1 Å². The summed E-state index contributed by atoms with van der Waals surface area (Å²) in [6, 6.07) is 14.6. The van der Waals surface area contributed by atoms with Gasteiger partial charge in [-0.25, -0.2) is 8.42 Å². The lowest BCUT2D eigenvalue weighted by Crippen LogP contribution is -2.38. The number of likely N-dealkylation sites (N-methyl/N-ethyl adjacent to an activating group) is 1. The van der Waals surface area contributed by atoms with Gasteiger partial charge in [0.15, 0.2) is 5.78 Å². The van der Waals surface area contributed by atoms with Gasteiger partial charge in [-0.3, -0.25) is 14.0 Å². The van der Waals surface area contributed by atoms with Crippen molar-refractivity contribution in [3.63, 3.8) is 0 Å². The summed E-state index contributed by atoms with van der Waals surface area (Å²) < 4.78 is 33.2. The number of para-hydroxylation sites is 1. The Hall–Kier alpha value is -2.91. The second-order valence-electron chi connectivity index (χ2n) is 8.05. The molecule has 0 aliphatic heterocycles. The number of ether oxygens (including phenoxy) is 1. The molecule has 2 aromatic rings. The number of aliphatic hydroxyl groups is 1. The second-order valence-corrected chi connectivity index (χ2v) is 10.3. The molecule has 7 nitrogen and oxygen atoms in total. The first-order chi connectivity index (χ1) is 16.8. The molecule has 0 atom stereocenters. The number of methoxy groups -OCH3 is 1. The van der Waals surface area contributed by atoms with Crippen LogP contribution >= 0.6 is 11.6 Å². The van der Waals surface area contributed by atoms with Crippen molar-refractivity contribution in [3.8, 4) is 0 Å². The molecule has 0 saturated carbocycles. The lowest BCUT2D eigenvalue weighted by Gasteiger charge is -2.28. The van der Waals surface area contributed by atoms with Crippen molar-refractivity contribution < 1.29 is 23.1 Å². The summed E-state index contributed by atoms with van der Waals surface area (Å²) in [5.74, 6) is -0.148. The zero-order valence-electron chi connectivity index (χ0n) is 19.7. The molecule has 0 amide bonds. The van der Waals surface area contributed by atoms with Crippen molar-refractivity contribution in [1.29, 1.82) is 0 Å². The van der Waals surface area contributed by atoms with Gasteiger partial charge in [0.1, 0.15) is 10.7 Å². The number of Topliss-reactive ketones (excluding diaryl/α,β-unsaturated/α-hetero) is 1. The maximum Gasteiger partial charge on any atom is 0.267 e. The van der Waals surface area contributed by atoms with Crippen LogP contribution < -0.4 is 4.31 Å². The summed E-state index contributed by atoms with van der Waals surface area (Å²) in [5, 5.41) is 10.3. The third-order valence-corrected chi connectivity index (χ3v) is 7.59. The summed E-state index contributed by atoms with van der Waals surface area (Å²) >= 11 is 5.93. The second kappa shape index (κ2) is 12.2. The van der Waals surface area contributed by atoms with Gasteiger partial charge in [-0.05, 0) is 48.5 Å². The Balaban J connectivity index is 1.83. The van der Waals surface area contributed by atoms with E-state index in [0.29, 0.717) is 29.6 Å². The highest BCUT2D eigenvalue weighted by molar-refractivity contribution is 7.97. The smallest absolute Gasteiger partial charge is 0.267 e. The maximum absolute atomic E-state index is 13.5. The Kier molecular flexibility index (Phi) is 9.28. The van der Waals surface area contributed by atoms with Crippen molar-refractivity contribution in [2.24, 2.45) is 0 Å². The normalized spacial score (nSPS) is 14.3. The van der Waals surface area contributed by atoms with E-state index in [1.165, 1.54) is 19.3 Å². The predicted molar refractivity (Wildman–Crippen MR) is 139 cm³/mol. The number of sulfonamides is 1. The summed E-state index contributed by atoms with van der Waals surface area (Å²) in [5.41, 5.74) is 2.20. The first-order valence-electron chi connectivity index (χ1n) is 11.1. The fraction of sp³-hybridized carbons (Fsp3) is 0.269. The van der Waals surface area contributed by atoms with E-state index in [4.69, 9.17) is 16.3 Å². The monoisotopic (exact) mass is 516 g/mol. The first kappa shape index (κ1) is 26.7. The average molecular weight is 517 g/mol. The molecule has 0 unspecified atom stereocenters. The zero-order valence-corrected chi connectivity index (χ0v) is 21.3. The number of carbonyl (C=O) groups excluding carboxylic acids is 1. The third-order valence-electron chi connectivity index (χ3n) is 5.46. The molecular weight excluding hydrogens is 488 g/mol. The number of nitrogens with zero attached hydrogens (tertiary/aromatic N) is 2. The van der Waals surface area contributed by atoms with Crippen LogP contribution in [0.1, 0.15) is 17.5 Å². The van der Waals surface area contributed by atoms with Crippen LogP contribution in [0.15, 0.2) is 77.4 Å². The number of hydrogen-bond donors (Lipinski definition) is 1. The minimum absolute atomic E-state index is 0.126. The van der Waals surface area contributed by atoms with E-state index in [-0.39, 0.29) is 17.9 Å². The van der Waals surface area contributed by atoms with Crippen molar-refractivity contribution >= 4 is 39.2 Å². The molecule has 0 heterocycles. The summed E-state index contributed by atoms with van der Waals surface area (Å²) in [6.07, 6.45) is 6.63. The van der Waals surface area contributed by atoms with Crippen LogP contribution in [0.3, 0.4) is 0 Å². The van der Waals surface area contributed by atoms with E-state index in [0.717, 1.165) is 15.4 Å². The molecule has 1 N–H and O–H groups in total. The van der Waals surface area contributed by atoms with E-state index in [9.17, 15) is 18.3 Å². The fourth-order valence-corrected chi connectivity index (χ4v) is 5.42. The number of aliphatic hydroxyl groups excluding tert-OH is 1. The molecule has 9 heteroatoms. The Morgan fingerprint density at radius 3 is 2.49 bits per heavy atom. The predicted octanol–water partition coefficient (Wildman–Crippen LogP) is 4.00. The largest absolute Gasteiger partial charge is 0.501 e. The van der Waals surface area contributed by atoms with Crippen molar-refractivity contribution in [2.75, 3.05) is 38.2 Å². The van der Waals surface area contributed by atoms with Gasteiger partial charge in [0.25, 0.3) is 10.0 Å². The minimum Gasteiger partial charge on any atom is -0.501 e. The number of allylic oxidation sites excluding steroid dienone is 4. The number of anilines is 1. The van der Waals surface area contributed by atoms with E-state index in [2.05, 4.69) is 0 Å². The SMILES string of the molecule is COC1=CC=C(S(=O)(=O)N(CCO)c2ccccc2CN(C)CC=Cc2ccc(Cl)cc2)C(=O)C1. The van der Waals surface area contributed by atoms with Crippen LogP contribution in [0, 0.1) is 0 Å². The van der Waals surface area contributed by atoms with Gasteiger partial charge in [-0.2, -0.15) is 0 Å². The van der Waals surface area contributed by atoms with Gasteiger partial charge in [0.05, 0.1) is 32.4 Å². The molecule has 0 fully saturated rings. The van der Waals surface area contributed by atoms with Gasteiger partial charge in [0.2, 0.25) is 0 Å². The summed E-state index contributed by atoms with van der Waals surface area (Å²) in [6.45, 7) is 0.510. The van der Waals surface area contributed by atoms with Crippen LogP contribution in [0.2, 0.25) is 5.02 Å². The van der Waals surface area contributed by atoms with Crippen LogP contribution in [0.4, 0.5) is 5.69 Å². The van der Waals surface area contributed by atoms with Gasteiger partial charge in [0, 0.05) is 18.1 Å². The van der Waals surface area contributed by atoms with Crippen LogP contribution in [0.5, 0.6) is 0 Å². The molecular formula is C26H29ClN2O5S. The number of ketones is 1. The van der Waals surface area contributed by atoms with Crippen molar-refractivity contribution in [2.45, 2.75) is 13.0 Å². The standard InChI is InChI=1S/C26H29ClN2O5S/c1-28(15-5-6-20-9-11-22(27)12-10-20)19-21-7-3-4-8-24(21)29(16-17-30)35(32,33)26-14-13-23(34-2)18-25(26)31/h3-14,30H,15-19H2,1-2H3. The Morgan fingerprint density at radius 1 is 1.11 bits per heavy atom. The van der Waals surface area contributed by atoms with Crippen molar-refractivity contribution in [3.05, 3.63) is 93.6 Å². The van der Waals surface area contributed by atoms with Gasteiger partial charge in [-0.1, -0.05) is 54.1 Å². The molecule has 186 valence electrons. The molecule has 1 aliphatic carbocycles. The number of hydrogen-bond acceptors (Lipinski definition) is 6. The maximum atomic E-state index is 13.5. The number of carbonyl (C=O) groups is 1. The Bertz CT molecular complexity index is 1240. The van der Waals surface area contributed by atoms with E-state index < -0.39 is 22.4 Å². The van der Waals surface area contributed by atoms with Crippen molar-refractivity contribution in [1.82, 2.24) is 4.90 Å². The molecule has 0 saturated heterocycles. The third kappa shape index (κ3) is 6.82. The lowest BCUT2D eigenvalue weighted by molar-refractivity contribution is -0.115. The molecule has 0 aromatic heterocycles. The average Bonchev–Trinajstić information content (AvgIpc) is 2.84. The highest BCUT2D eigenvalue weighted by atomic mass is 35.5. The highest BCUT2D eigenvalue weighted by Crippen LogP contribution is 2.30. The summed E-state index contributed by atoms with van der Waals surface area (Å²) in [7, 11) is -0.832. The molecule has 1 aliphatic rings.